The molecule has 2 aromatic rings. The predicted molar refractivity (Wildman–Crippen MR) is 80.6 cm³/mol. The maximum atomic E-state index is 12.4. The molecule has 6 heteroatoms. The number of thiophene rings is 1. The van der Waals surface area contributed by atoms with E-state index in [9.17, 15) is 9.59 Å². The van der Waals surface area contributed by atoms with E-state index in [1.165, 1.54) is 6.92 Å². The van der Waals surface area contributed by atoms with Crippen LogP contribution >= 0.6 is 11.3 Å². The van der Waals surface area contributed by atoms with Crippen LogP contribution in [0.25, 0.3) is 11.1 Å². The number of ketones is 1. The van der Waals surface area contributed by atoms with E-state index < -0.39 is 5.97 Å². The van der Waals surface area contributed by atoms with Gasteiger partial charge in [0.15, 0.2) is 6.61 Å². The SMILES string of the molecule is COCCn1ccc(-c2ccsc2)c1C(=O)COC(C)=O. The van der Waals surface area contributed by atoms with Gasteiger partial charge in [-0.05, 0) is 28.5 Å². The molecule has 0 aliphatic rings. The zero-order valence-electron chi connectivity index (χ0n) is 12.0. The fraction of sp³-hybridized carbons (Fsp3) is 0.333. The number of hydrogen-bond donors (Lipinski definition) is 0. The molecule has 0 saturated heterocycles. The smallest absolute Gasteiger partial charge is 0.303 e. The molecule has 21 heavy (non-hydrogen) atoms. The number of rotatable bonds is 7. The predicted octanol–water partition coefficient (Wildman–Crippen LogP) is 2.61. The number of ether oxygens (including phenoxy) is 2. The van der Waals surface area contributed by atoms with Gasteiger partial charge in [0.2, 0.25) is 5.78 Å². The summed E-state index contributed by atoms with van der Waals surface area (Å²) in [5, 5.41) is 3.95. The Morgan fingerprint density at radius 2 is 2.14 bits per heavy atom. The molecule has 0 unspecified atom stereocenters. The lowest BCUT2D eigenvalue weighted by Crippen LogP contribution is -2.18. The molecule has 0 saturated carbocycles. The molecule has 0 bridgehead atoms. The van der Waals surface area contributed by atoms with Crippen LogP contribution in [-0.4, -0.2) is 36.6 Å². The van der Waals surface area contributed by atoms with Crippen molar-refractivity contribution in [2.75, 3.05) is 20.3 Å². The summed E-state index contributed by atoms with van der Waals surface area (Å²) in [5.74, 6) is -0.678. The Bertz CT molecular complexity index is 616. The van der Waals surface area contributed by atoms with Gasteiger partial charge in [-0.1, -0.05) is 0 Å². The number of carbonyl (C=O) groups is 2. The van der Waals surface area contributed by atoms with E-state index in [4.69, 9.17) is 9.47 Å². The summed E-state index contributed by atoms with van der Waals surface area (Å²) in [6.07, 6.45) is 1.85. The molecule has 2 aromatic heterocycles. The van der Waals surface area contributed by atoms with E-state index in [1.807, 2.05) is 33.7 Å². The van der Waals surface area contributed by atoms with Crippen molar-refractivity contribution < 1.29 is 19.1 Å². The molecule has 112 valence electrons. The monoisotopic (exact) mass is 307 g/mol. The normalized spacial score (nSPS) is 10.6. The molecule has 0 aromatic carbocycles. The topological polar surface area (TPSA) is 57.5 Å². The molecule has 0 aliphatic heterocycles. The first-order valence-electron chi connectivity index (χ1n) is 6.50. The van der Waals surface area contributed by atoms with Crippen molar-refractivity contribution in [3.05, 3.63) is 34.8 Å². The van der Waals surface area contributed by atoms with Crippen LogP contribution in [0.15, 0.2) is 29.1 Å². The highest BCUT2D eigenvalue weighted by atomic mass is 32.1. The van der Waals surface area contributed by atoms with E-state index >= 15 is 0 Å². The van der Waals surface area contributed by atoms with Crippen molar-refractivity contribution in [3.63, 3.8) is 0 Å². The van der Waals surface area contributed by atoms with E-state index in [-0.39, 0.29) is 12.4 Å². The van der Waals surface area contributed by atoms with Gasteiger partial charge in [-0.3, -0.25) is 9.59 Å². The number of Topliss-reactive ketones (excluding diaryl/α,β-unsaturated/α-hetero) is 1. The summed E-state index contributed by atoms with van der Waals surface area (Å²) in [6.45, 7) is 2.12. The number of aromatic nitrogens is 1. The summed E-state index contributed by atoms with van der Waals surface area (Å²) in [6, 6.07) is 3.86. The van der Waals surface area contributed by atoms with Gasteiger partial charge in [-0.2, -0.15) is 11.3 Å². The minimum atomic E-state index is -0.463. The van der Waals surface area contributed by atoms with Crippen molar-refractivity contribution in [2.24, 2.45) is 0 Å². The van der Waals surface area contributed by atoms with Crippen molar-refractivity contribution in [2.45, 2.75) is 13.5 Å². The third-order valence-electron chi connectivity index (χ3n) is 3.00. The highest BCUT2D eigenvalue weighted by molar-refractivity contribution is 7.08. The fourth-order valence-corrected chi connectivity index (χ4v) is 2.70. The lowest BCUT2D eigenvalue weighted by Gasteiger charge is -2.10. The zero-order valence-corrected chi connectivity index (χ0v) is 12.8. The van der Waals surface area contributed by atoms with Crippen LogP contribution in [0.5, 0.6) is 0 Å². The highest BCUT2D eigenvalue weighted by Gasteiger charge is 2.19. The Kier molecular flexibility index (Phi) is 5.30. The molecule has 0 spiro atoms. The van der Waals surface area contributed by atoms with Gasteiger partial charge >= 0.3 is 5.97 Å². The Morgan fingerprint density at radius 1 is 1.33 bits per heavy atom. The molecular weight excluding hydrogens is 290 g/mol. The van der Waals surface area contributed by atoms with Crippen LogP contribution in [0.2, 0.25) is 0 Å². The third kappa shape index (κ3) is 3.80. The van der Waals surface area contributed by atoms with Crippen LogP contribution in [0.4, 0.5) is 0 Å². The van der Waals surface area contributed by atoms with Crippen LogP contribution in [0, 0.1) is 0 Å². The Hall–Kier alpha value is -1.92. The molecule has 0 fully saturated rings. The summed E-state index contributed by atoms with van der Waals surface area (Å²) in [5.41, 5.74) is 2.39. The van der Waals surface area contributed by atoms with Crippen molar-refractivity contribution >= 4 is 23.1 Å². The molecule has 0 radical (unpaired) electrons. The van der Waals surface area contributed by atoms with Gasteiger partial charge in [-0.15, -0.1) is 0 Å². The lowest BCUT2D eigenvalue weighted by atomic mass is 10.1. The molecule has 0 amide bonds. The molecule has 2 heterocycles. The second-order valence-electron chi connectivity index (χ2n) is 4.48. The maximum absolute atomic E-state index is 12.4. The van der Waals surface area contributed by atoms with E-state index in [1.54, 1.807) is 18.4 Å². The summed E-state index contributed by atoms with van der Waals surface area (Å²) in [7, 11) is 1.61. The number of hydrogen-bond acceptors (Lipinski definition) is 5. The standard InChI is InChI=1S/C15H17NO4S/c1-11(17)20-9-14(18)15-13(12-4-8-21-10-12)3-5-16(15)6-7-19-2/h3-5,8,10H,6-7,9H2,1-2H3. The van der Waals surface area contributed by atoms with Crippen LogP contribution in [0.3, 0.4) is 0 Å². The molecule has 2 rings (SSSR count). The first kappa shape index (κ1) is 15.5. The number of nitrogens with zero attached hydrogens (tertiary/aromatic N) is 1. The first-order valence-corrected chi connectivity index (χ1v) is 7.45. The second kappa shape index (κ2) is 7.19. The summed E-state index contributed by atoms with van der Waals surface area (Å²) < 4.78 is 11.7. The van der Waals surface area contributed by atoms with Gasteiger partial charge in [-0.25, -0.2) is 0 Å². The van der Waals surface area contributed by atoms with Crippen molar-refractivity contribution in [3.8, 4) is 11.1 Å². The van der Waals surface area contributed by atoms with Gasteiger partial charge in [0.1, 0.15) is 0 Å². The quantitative estimate of drug-likeness (QED) is 0.583. The van der Waals surface area contributed by atoms with Gasteiger partial charge in [0, 0.05) is 32.3 Å². The Balaban J connectivity index is 2.31. The number of carbonyl (C=O) groups excluding carboxylic acids is 2. The van der Waals surface area contributed by atoms with Gasteiger partial charge in [0.25, 0.3) is 0 Å². The minimum Gasteiger partial charge on any atom is -0.457 e. The number of methoxy groups -OCH3 is 1. The second-order valence-corrected chi connectivity index (χ2v) is 5.26. The third-order valence-corrected chi connectivity index (χ3v) is 3.69. The molecular formula is C15H17NO4S. The zero-order chi connectivity index (χ0) is 15.2. The average Bonchev–Trinajstić information content (AvgIpc) is 3.10. The lowest BCUT2D eigenvalue weighted by molar-refractivity contribution is -0.139. The Morgan fingerprint density at radius 3 is 2.76 bits per heavy atom. The highest BCUT2D eigenvalue weighted by Crippen LogP contribution is 2.27. The van der Waals surface area contributed by atoms with Gasteiger partial charge in [0.05, 0.1) is 12.3 Å². The van der Waals surface area contributed by atoms with Crippen molar-refractivity contribution in [1.29, 1.82) is 0 Å². The minimum absolute atomic E-state index is 0.215. The van der Waals surface area contributed by atoms with Crippen molar-refractivity contribution in [1.82, 2.24) is 4.57 Å². The van der Waals surface area contributed by atoms with E-state index in [0.717, 1.165) is 11.1 Å². The van der Waals surface area contributed by atoms with Gasteiger partial charge < -0.3 is 14.0 Å². The molecule has 5 nitrogen and oxygen atoms in total. The maximum Gasteiger partial charge on any atom is 0.303 e. The first-order chi connectivity index (χ1) is 10.1. The molecule has 0 atom stereocenters. The van der Waals surface area contributed by atoms with E-state index in [0.29, 0.717) is 18.8 Å². The fourth-order valence-electron chi connectivity index (χ4n) is 2.05. The summed E-state index contributed by atoms with van der Waals surface area (Å²) in [4.78, 5) is 23.3. The molecule has 0 aliphatic carbocycles. The van der Waals surface area contributed by atoms with Crippen LogP contribution < -0.4 is 0 Å². The number of esters is 1. The Labute approximate surface area is 127 Å². The van der Waals surface area contributed by atoms with Crippen LogP contribution in [-0.2, 0) is 20.8 Å². The average molecular weight is 307 g/mol. The van der Waals surface area contributed by atoms with E-state index in [2.05, 4.69) is 0 Å². The summed E-state index contributed by atoms with van der Waals surface area (Å²) >= 11 is 1.57. The largest absolute Gasteiger partial charge is 0.457 e. The van der Waals surface area contributed by atoms with Crippen LogP contribution in [0.1, 0.15) is 17.4 Å². The molecule has 0 N–H and O–H groups in total.